The van der Waals surface area contributed by atoms with E-state index in [9.17, 15) is 9.90 Å². The Labute approximate surface area is 227 Å². The van der Waals surface area contributed by atoms with E-state index in [0.29, 0.717) is 36.0 Å². The first kappa shape index (κ1) is 24.8. The summed E-state index contributed by atoms with van der Waals surface area (Å²) in [6, 6.07) is 19.7. The van der Waals surface area contributed by atoms with Gasteiger partial charge in [-0.1, -0.05) is 41.9 Å². The van der Waals surface area contributed by atoms with Crippen LogP contribution in [-0.4, -0.2) is 28.2 Å². The minimum atomic E-state index is -1.00. The molecule has 2 aromatic heterocycles. The van der Waals surface area contributed by atoms with Crippen LogP contribution in [0.15, 0.2) is 77.5 Å². The summed E-state index contributed by atoms with van der Waals surface area (Å²) in [7, 11) is 0. The van der Waals surface area contributed by atoms with Crippen LogP contribution in [0.3, 0.4) is 0 Å². The third-order valence-corrected chi connectivity index (χ3v) is 8.91. The van der Waals surface area contributed by atoms with Crippen LogP contribution in [0, 0.1) is 5.92 Å². The first-order valence-electron chi connectivity index (χ1n) is 13.3. The van der Waals surface area contributed by atoms with Crippen molar-refractivity contribution >= 4 is 34.4 Å². The molecule has 6 nitrogen and oxygen atoms in total. The number of rotatable bonds is 8. The van der Waals surface area contributed by atoms with E-state index < -0.39 is 11.5 Å². The highest BCUT2D eigenvalue weighted by molar-refractivity contribution is 6.30. The van der Waals surface area contributed by atoms with Crippen molar-refractivity contribution < 1.29 is 19.1 Å². The fourth-order valence-corrected chi connectivity index (χ4v) is 6.94. The Morgan fingerprint density at radius 3 is 2.76 bits per heavy atom. The van der Waals surface area contributed by atoms with E-state index in [1.807, 2.05) is 24.3 Å². The molecule has 0 saturated heterocycles. The highest BCUT2D eigenvalue weighted by Gasteiger charge is 2.53. The van der Waals surface area contributed by atoms with Gasteiger partial charge in [0.05, 0.1) is 12.9 Å². The standard InChI is InChI=1S/C31H31ClN2O4/c32-23-7-3-8-24(20-23)34-31(29(35)36)14-12-30(13-15-31)22(19-21-5-1-2-9-25(21)30)6-4-17-37-27-10-16-33-26-11-18-38-28(26)27/h1-3,5,7-11,16,18,20,22,34H,4,6,12-15,17,19H2,(H,35,36). The molecule has 2 heterocycles. The summed E-state index contributed by atoms with van der Waals surface area (Å²) in [5.74, 6) is 0.369. The van der Waals surface area contributed by atoms with Crippen molar-refractivity contribution in [3.8, 4) is 5.75 Å². The average molecular weight is 531 g/mol. The van der Waals surface area contributed by atoms with Crippen molar-refractivity contribution in [2.45, 2.75) is 55.9 Å². The molecule has 1 spiro atoms. The number of ether oxygens (including phenoxy) is 1. The summed E-state index contributed by atoms with van der Waals surface area (Å²) >= 11 is 6.18. The summed E-state index contributed by atoms with van der Waals surface area (Å²) in [6.07, 6.45) is 9.09. The van der Waals surface area contributed by atoms with Crippen LogP contribution < -0.4 is 10.1 Å². The maximum atomic E-state index is 12.6. The summed E-state index contributed by atoms with van der Waals surface area (Å²) in [4.78, 5) is 16.9. The number of halogens is 1. The molecule has 38 heavy (non-hydrogen) atoms. The highest BCUT2D eigenvalue weighted by atomic mass is 35.5. The number of anilines is 1. The summed E-state index contributed by atoms with van der Waals surface area (Å²) in [6.45, 7) is 0.595. The minimum absolute atomic E-state index is 0.0174. The van der Waals surface area contributed by atoms with Crippen molar-refractivity contribution in [3.63, 3.8) is 0 Å². The van der Waals surface area contributed by atoms with Gasteiger partial charge in [0.2, 0.25) is 0 Å². The molecule has 0 bridgehead atoms. The molecule has 2 aliphatic carbocycles. The lowest BCUT2D eigenvalue weighted by Crippen LogP contribution is -2.53. The van der Waals surface area contributed by atoms with Crippen LogP contribution in [0.2, 0.25) is 5.02 Å². The Kier molecular flexibility index (Phi) is 6.52. The maximum Gasteiger partial charge on any atom is 0.329 e. The number of aliphatic carboxylic acids is 1. The smallest absolute Gasteiger partial charge is 0.329 e. The molecule has 1 atom stereocenters. The van der Waals surface area contributed by atoms with Gasteiger partial charge < -0.3 is 19.6 Å². The van der Waals surface area contributed by atoms with Gasteiger partial charge in [-0.3, -0.25) is 4.98 Å². The third-order valence-electron chi connectivity index (χ3n) is 8.68. The highest BCUT2D eigenvalue weighted by Crippen LogP contribution is 2.55. The second kappa shape index (κ2) is 9.99. The molecule has 1 fully saturated rings. The van der Waals surface area contributed by atoms with Crippen LogP contribution in [0.1, 0.15) is 49.7 Å². The van der Waals surface area contributed by atoms with Gasteiger partial charge in [-0.25, -0.2) is 4.79 Å². The van der Waals surface area contributed by atoms with Crippen LogP contribution in [-0.2, 0) is 16.6 Å². The molecule has 0 aliphatic heterocycles. The molecule has 2 aromatic carbocycles. The van der Waals surface area contributed by atoms with Crippen LogP contribution in [0.25, 0.3) is 11.1 Å². The number of carboxylic acid groups (broad SMARTS) is 1. The zero-order valence-corrected chi connectivity index (χ0v) is 21.9. The maximum absolute atomic E-state index is 12.6. The van der Waals surface area contributed by atoms with Gasteiger partial charge in [0, 0.05) is 29.0 Å². The Balaban J connectivity index is 1.18. The van der Waals surface area contributed by atoms with Gasteiger partial charge in [0.1, 0.15) is 11.1 Å². The molecule has 2 aliphatic rings. The molecule has 6 rings (SSSR count). The third kappa shape index (κ3) is 4.41. The van der Waals surface area contributed by atoms with Crippen molar-refractivity contribution in [2.75, 3.05) is 11.9 Å². The van der Waals surface area contributed by atoms with E-state index in [-0.39, 0.29) is 5.41 Å². The Hall–Kier alpha value is -3.51. The van der Waals surface area contributed by atoms with Crippen molar-refractivity contribution in [2.24, 2.45) is 5.92 Å². The van der Waals surface area contributed by atoms with E-state index >= 15 is 0 Å². The van der Waals surface area contributed by atoms with E-state index in [0.717, 1.165) is 49.1 Å². The summed E-state index contributed by atoms with van der Waals surface area (Å²) < 4.78 is 11.6. The summed E-state index contributed by atoms with van der Waals surface area (Å²) in [5.41, 5.74) is 4.01. The lowest BCUT2D eigenvalue weighted by Gasteiger charge is -2.47. The normalized spacial score (nSPS) is 24.4. The second-order valence-electron chi connectivity index (χ2n) is 10.7. The number of pyridine rings is 1. The van der Waals surface area contributed by atoms with Gasteiger partial charge in [-0.15, -0.1) is 0 Å². The van der Waals surface area contributed by atoms with Gasteiger partial charge >= 0.3 is 5.97 Å². The monoisotopic (exact) mass is 530 g/mol. The van der Waals surface area contributed by atoms with Crippen molar-refractivity contribution in [1.82, 2.24) is 4.98 Å². The number of hydrogen-bond donors (Lipinski definition) is 2. The van der Waals surface area contributed by atoms with E-state index in [2.05, 4.69) is 34.6 Å². The first-order chi connectivity index (χ1) is 18.5. The molecule has 0 amide bonds. The molecule has 0 radical (unpaired) electrons. The molecule has 4 aromatic rings. The molecular weight excluding hydrogens is 500 g/mol. The zero-order valence-electron chi connectivity index (χ0n) is 21.2. The van der Waals surface area contributed by atoms with E-state index in [4.69, 9.17) is 20.8 Å². The SMILES string of the molecule is O=C(O)C1(Nc2cccc(Cl)c2)CCC2(CC1)c1ccccc1CC2CCCOc1ccnc2ccoc12. The number of fused-ring (bicyclic) bond motifs is 3. The predicted octanol–water partition coefficient (Wildman–Crippen LogP) is 7.26. The van der Waals surface area contributed by atoms with E-state index in [1.165, 1.54) is 11.1 Å². The summed E-state index contributed by atoms with van der Waals surface area (Å²) in [5, 5.41) is 14.3. The lowest BCUT2D eigenvalue weighted by atomic mass is 9.60. The van der Waals surface area contributed by atoms with Crippen LogP contribution in [0.4, 0.5) is 5.69 Å². The fourth-order valence-electron chi connectivity index (χ4n) is 6.75. The number of carbonyl (C=O) groups is 1. The van der Waals surface area contributed by atoms with Gasteiger partial charge in [-0.2, -0.15) is 0 Å². The lowest BCUT2D eigenvalue weighted by molar-refractivity contribution is -0.144. The Morgan fingerprint density at radius 1 is 1.11 bits per heavy atom. The van der Waals surface area contributed by atoms with Gasteiger partial charge in [0.15, 0.2) is 11.3 Å². The molecule has 1 unspecified atom stereocenters. The predicted molar refractivity (Wildman–Crippen MR) is 148 cm³/mol. The number of aromatic nitrogens is 1. The number of furan rings is 1. The molecular formula is C31H31ClN2O4. The largest absolute Gasteiger partial charge is 0.490 e. The topological polar surface area (TPSA) is 84.6 Å². The van der Waals surface area contributed by atoms with Crippen LogP contribution >= 0.6 is 11.6 Å². The second-order valence-corrected chi connectivity index (χ2v) is 11.1. The quantitative estimate of drug-likeness (QED) is 0.233. The number of benzene rings is 2. The van der Waals surface area contributed by atoms with Gasteiger partial charge in [-0.05, 0) is 85.6 Å². The number of carboxylic acids is 1. The first-order valence-corrected chi connectivity index (χ1v) is 13.7. The van der Waals surface area contributed by atoms with Gasteiger partial charge in [0.25, 0.3) is 0 Å². The van der Waals surface area contributed by atoms with E-state index in [1.54, 1.807) is 24.6 Å². The van der Waals surface area contributed by atoms with Crippen LogP contribution in [0.5, 0.6) is 5.75 Å². The molecule has 2 N–H and O–H groups in total. The number of nitrogens with one attached hydrogen (secondary N) is 1. The zero-order chi connectivity index (χ0) is 26.2. The Morgan fingerprint density at radius 2 is 1.95 bits per heavy atom. The fraction of sp³-hybridized carbons (Fsp3) is 0.355. The molecule has 196 valence electrons. The average Bonchev–Trinajstić information content (AvgIpc) is 3.52. The minimum Gasteiger partial charge on any atom is -0.490 e. The Bertz CT molecular complexity index is 1460. The van der Waals surface area contributed by atoms with Crippen molar-refractivity contribution in [3.05, 3.63) is 89.3 Å². The van der Waals surface area contributed by atoms with Crippen molar-refractivity contribution in [1.29, 1.82) is 0 Å². The molecule has 1 saturated carbocycles. The number of hydrogen-bond acceptors (Lipinski definition) is 5. The number of nitrogens with zero attached hydrogens (tertiary/aromatic N) is 1. The molecule has 7 heteroatoms.